The Morgan fingerprint density at radius 1 is 0.864 bits per heavy atom. The van der Waals surface area contributed by atoms with Crippen LogP contribution in [0.4, 0.5) is 9.59 Å². The van der Waals surface area contributed by atoms with Crippen molar-refractivity contribution >= 4 is 56.9 Å². The molecule has 2 bridgehead atoms. The van der Waals surface area contributed by atoms with Gasteiger partial charge in [-0.3, -0.25) is 19.3 Å². The number of Topliss-reactive ketones (excluding diaryl/α,β-unsaturated/α-hetero) is 1. The Labute approximate surface area is 264 Å². The quantitative estimate of drug-likeness (QED) is 0.240. The first-order valence-corrected chi connectivity index (χ1v) is 15.3. The number of ether oxygens (including phenoxy) is 2. The van der Waals surface area contributed by atoms with Crippen LogP contribution < -0.4 is 10.6 Å². The summed E-state index contributed by atoms with van der Waals surface area (Å²) in [5, 5.41) is 5.03. The van der Waals surface area contributed by atoms with Crippen LogP contribution in [0, 0.1) is 16.7 Å². The molecule has 0 spiro atoms. The van der Waals surface area contributed by atoms with Crippen molar-refractivity contribution in [3.8, 4) is 0 Å². The number of nitrogens with zero attached hydrogens (tertiary/aromatic N) is 1. The molecule has 232 valence electrons. The number of hydrogen-bond donors (Lipinski definition) is 2. The summed E-state index contributed by atoms with van der Waals surface area (Å²) in [6.07, 6.45) is -1.37. The van der Waals surface area contributed by atoms with Crippen LogP contribution in [-0.4, -0.2) is 70.9 Å². The summed E-state index contributed by atoms with van der Waals surface area (Å²) in [6.45, 7) is 8.53. The summed E-state index contributed by atoms with van der Waals surface area (Å²) >= 11 is 3.71. The fourth-order valence-corrected chi connectivity index (χ4v) is 8.24. The lowest BCUT2D eigenvalue weighted by atomic mass is 9.63. The van der Waals surface area contributed by atoms with E-state index < -0.39 is 50.7 Å². The van der Waals surface area contributed by atoms with E-state index in [0.717, 1.165) is 27.2 Å². The fourth-order valence-electron chi connectivity index (χ4n) is 6.99. The molecule has 4 atom stereocenters. The summed E-state index contributed by atoms with van der Waals surface area (Å²) < 4.78 is 8.86. The van der Waals surface area contributed by atoms with Gasteiger partial charge in [0.1, 0.15) is 16.5 Å². The van der Waals surface area contributed by atoms with Gasteiger partial charge < -0.3 is 20.1 Å². The lowest BCUT2D eigenvalue weighted by Gasteiger charge is -2.41. The SMILES string of the molecule is CC(C)(C)OC(=O)NCCNC(=O)OCCN1C(=O)C2C3(C)C(=O)C(C)(C(c4ccccc4)=C3c3ccccc3)C2(Br)C1=O. The largest absolute Gasteiger partial charge is 0.448 e. The number of halogens is 1. The highest BCUT2D eigenvalue weighted by Gasteiger charge is 2.85. The highest BCUT2D eigenvalue weighted by molar-refractivity contribution is 9.10. The number of ketones is 1. The zero-order valence-corrected chi connectivity index (χ0v) is 26.9. The Morgan fingerprint density at radius 3 is 1.93 bits per heavy atom. The van der Waals surface area contributed by atoms with Crippen LogP contribution >= 0.6 is 15.9 Å². The topological polar surface area (TPSA) is 131 Å². The number of alkyl halides is 1. The Bertz CT molecular complexity index is 1550. The van der Waals surface area contributed by atoms with Crippen LogP contribution in [0.5, 0.6) is 0 Å². The molecule has 2 fully saturated rings. The molecule has 2 N–H and O–H groups in total. The van der Waals surface area contributed by atoms with Crippen molar-refractivity contribution < 1.29 is 33.4 Å². The number of carbonyl (C=O) groups is 5. The number of rotatable bonds is 8. The number of alkyl carbamates (subject to hydrolysis) is 2. The van der Waals surface area contributed by atoms with Gasteiger partial charge >= 0.3 is 12.2 Å². The van der Waals surface area contributed by atoms with E-state index >= 15 is 0 Å². The molecule has 1 heterocycles. The minimum atomic E-state index is -1.51. The maximum atomic E-state index is 14.4. The second-order valence-corrected chi connectivity index (χ2v) is 13.8. The molecule has 0 aromatic heterocycles. The molecular formula is C33H36BrN3O7. The summed E-state index contributed by atoms with van der Waals surface area (Å²) in [7, 11) is 0. The van der Waals surface area contributed by atoms with Gasteiger partial charge in [-0.2, -0.15) is 0 Å². The Kier molecular flexibility index (Phi) is 7.99. The molecule has 44 heavy (non-hydrogen) atoms. The Hall–Kier alpha value is -3.99. The number of likely N-dealkylation sites (tertiary alicyclic amines) is 1. The molecule has 2 aromatic rings. The van der Waals surface area contributed by atoms with Gasteiger partial charge in [-0.1, -0.05) is 76.6 Å². The van der Waals surface area contributed by atoms with Crippen LogP contribution in [0.1, 0.15) is 45.7 Å². The summed E-state index contributed by atoms with van der Waals surface area (Å²) in [5.41, 5.74) is -0.176. The fraction of sp³-hybridized carbons (Fsp3) is 0.424. The average Bonchev–Trinajstić information content (AvgIpc) is 3.35. The second-order valence-electron chi connectivity index (χ2n) is 12.6. The lowest BCUT2D eigenvalue weighted by molar-refractivity contribution is -0.144. The molecular weight excluding hydrogens is 630 g/mol. The van der Waals surface area contributed by atoms with Crippen LogP contribution in [0.3, 0.4) is 0 Å². The molecule has 1 saturated carbocycles. The maximum absolute atomic E-state index is 14.4. The summed E-state index contributed by atoms with van der Waals surface area (Å²) in [5.74, 6) is -2.19. The molecule has 1 aliphatic heterocycles. The lowest BCUT2D eigenvalue weighted by Crippen LogP contribution is -2.50. The van der Waals surface area contributed by atoms with Crippen molar-refractivity contribution in [2.45, 2.75) is 44.5 Å². The van der Waals surface area contributed by atoms with Gasteiger partial charge in [-0.05, 0) is 56.9 Å². The molecule has 2 aromatic carbocycles. The first-order valence-electron chi connectivity index (χ1n) is 14.5. The number of nitrogens with one attached hydrogen (secondary N) is 2. The van der Waals surface area contributed by atoms with Crippen molar-refractivity contribution in [1.29, 1.82) is 0 Å². The van der Waals surface area contributed by atoms with E-state index in [4.69, 9.17) is 9.47 Å². The number of fused-ring (bicyclic) bond motifs is 5. The summed E-state index contributed by atoms with van der Waals surface area (Å²) in [6, 6.07) is 19.0. The minimum absolute atomic E-state index is 0.0846. The molecule has 11 heteroatoms. The number of imide groups is 1. The maximum Gasteiger partial charge on any atom is 0.407 e. The molecule has 1 saturated heterocycles. The van der Waals surface area contributed by atoms with Crippen LogP contribution in [-0.2, 0) is 23.9 Å². The standard InChI is InChI=1S/C33H36BrN3O7/c1-30(2,3)44-29(42)36-17-16-35-28(41)43-19-18-37-25(38)24-31(4)22(20-12-8-6-9-13-20)23(21-14-10-7-11-15-21)32(5,26(31)39)33(24,34)27(37)40/h6-15,24H,16-19H2,1-5H3,(H,35,41)(H,36,42). The predicted octanol–water partition coefficient (Wildman–Crippen LogP) is 4.58. The third-order valence-corrected chi connectivity index (χ3v) is 10.3. The van der Waals surface area contributed by atoms with Crippen molar-refractivity contribution in [1.82, 2.24) is 15.5 Å². The van der Waals surface area contributed by atoms with E-state index in [2.05, 4.69) is 26.6 Å². The molecule has 4 amide bonds. The monoisotopic (exact) mass is 665 g/mol. The number of allylic oxidation sites excluding steroid dienone is 2. The van der Waals surface area contributed by atoms with E-state index in [0.29, 0.717) is 0 Å². The van der Waals surface area contributed by atoms with Crippen LogP contribution in [0.25, 0.3) is 11.1 Å². The average molecular weight is 667 g/mol. The highest BCUT2D eigenvalue weighted by atomic mass is 79.9. The highest BCUT2D eigenvalue weighted by Crippen LogP contribution is 2.77. The normalized spacial score (nSPS) is 27.5. The van der Waals surface area contributed by atoms with E-state index in [1.165, 1.54) is 0 Å². The van der Waals surface area contributed by atoms with Crippen molar-refractivity contribution in [3.05, 3.63) is 71.8 Å². The molecule has 3 aliphatic rings. The van der Waals surface area contributed by atoms with Gasteiger partial charge in [0, 0.05) is 13.1 Å². The molecule has 2 aliphatic carbocycles. The summed E-state index contributed by atoms with van der Waals surface area (Å²) in [4.78, 5) is 67.7. The third kappa shape index (κ3) is 4.72. The van der Waals surface area contributed by atoms with Gasteiger partial charge in [0.25, 0.3) is 0 Å². The van der Waals surface area contributed by atoms with E-state index in [9.17, 15) is 24.0 Å². The van der Waals surface area contributed by atoms with Crippen molar-refractivity contribution in [2.24, 2.45) is 16.7 Å². The van der Waals surface area contributed by atoms with E-state index in [-0.39, 0.29) is 32.0 Å². The molecule has 0 radical (unpaired) electrons. The van der Waals surface area contributed by atoms with Gasteiger partial charge in [0.2, 0.25) is 11.8 Å². The van der Waals surface area contributed by atoms with E-state index in [1.807, 2.05) is 60.7 Å². The number of hydrogen-bond acceptors (Lipinski definition) is 7. The van der Waals surface area contributed by atoms with Crippen LogP contribution in [0.15, 0.2) is 60.7 Å². The first-order chi connectivity index (χ1) is 20.7. The molecule has 10 nitrogen and oxygen atoms in total. The zero-order valence-electron chi connectivity index (χ0n) is 25.4. The molecule has 5 rings (SSSR count). The smallest absolute Gasteiger partial charge is 0.407 e. The zero-order chi connectivity index (χ0) is 32.1. The Balaban J connectivity index is 1.33. The van der Waals surface area contributed by atoms with Gasteiger partial charge in [-0.25, -0.2) is 9.59 Å². The van der Waals surface area contributed by atoms with Gasteiger partial charge in [-0.15, -0.1) is 0 Å². The first kappa shape index (κ1) is 31.4. The van der Waals surface area contributed by atoms with Gasteiger partial charge in [0.05, 0.1) is 23.3 Å². The minimum Gasteiger partial charge on any atom is -0.448 e. The number of benzene rings is 2. The van der Waals surface area contributed by atoms with Gasteiger partial charge in [0.15, 0.2) is 5.78 Å². The van der Waals surface area contributed by atoms with Crippen molar-refractivity contribution in [3.63, 3.8) is 0 Å². The second kappa shape index (κ2) is 11.2. The molecule has 4 unspecified atom stereocenters. The number of amides is 4. The third-order valence-electron chi connectivity index (χ3n) is 8.70. The van der Waals surface area contributed by atoms with Crippen LogP contribution in [0.2, 0.25) is 0 Å². The van der Waals surface area contributed by atoms with Crippen molar-refractivity contribution in [2.75, 3.05) is 26.2 Å². The number of carbonyl (C=O) groups excluding carboxylic acids is 5. The Morgan fingerprint density at radius 2 is 1.39 bits per heavy atom. The predicted molar refractivity (Wildman–Crippen MR) is 166 cm³/mol. The van der Waals surface area contributed by atoms with E-state index in [1.54, 1.807) is 34.6 Å².